The van der Waals surface area contributed by atoms with Gasteiger partial charge in [-0.1, -0.05) is 30.3 Å². The van der Waals surface area contributed by atoms with Crippen LogP contribution in [0.25, 0.3) is 0 Å². The molecule has 4 aromatic rings. The van der Waals surface area contributed by atoms with Crippen LogP contribution < -0.4 is 16.0 Å². The van der Waals surface area contributed by atoms with Crippen molar-refractivity contribution in [3.05, 3.63) is 145 Å². The van der Waals surface area contributed by atoms with Crippen molar-refractivity contribution in [1.29, 1.82) is 0 Å². The molecule has 12 heteroatoms. The largest absolute Gasteiger partial charge is 0.348 e. The first-order valence-electron chi connectivity index (χ1n) is 12.6. The Morgan fingerprint density at radius 1 is 0.714 bits per heavy atom. The standard InChI is InChI=1S/C30H25N5O7/c1-19-2-7-24(28(36)32-18-21-5-3-20(17-31)4-6-21)16-27(19)33(29(37)22-8-12-25(13-9-22)34(39)40)30(38)23-10-14-26(15-11-23)35(41)42/h2-16H,17-18,31H2,1H3,(H,32,36). The Bertz CT molecular complexity index is 1600. The molecule has 0 heterocycles. The van der Waals surface area contributed by atoms with Crippen molar-refractivity contribution in [3.8, 4) is 0 Å². The van der Waals surface area contributed by atoms with E-state index in [0.29, 0.717) is 12.1 Å². The van der Waals surface area contributed by atoms with Gasteiger partial charge in [0.05, 0.1) is 15.5 Å². The van der Waals surface area contributed by atoms with E-state index >= 15 is 0 Å². The van der Waals surface area contributed by atoms with E-state index < -0.39 is 27.6 Å². The molecule has 0 atom stereocenters. The predicted molar refractivity (Wildman–Crippen MR) is 154 cm³/mol. The molecule has 12 nitrogen and oxygen atoms in total. The van der Waals surface area contributed by atoms with Gasteiger partial charge in [0.25, 0.3) is 29.1 Å². The van der Waals surface area contributed by atoms with E-state index in [9.17, 15) is 34.6 Å². The van der Waals surface area contributed by atoms with Crippen LogP contribution in [-0.2, 0) is 13.1 Å². The lowest BCUT2D eigenvalue weighted by Gasteiger charge is -2.24. The zero-order valence-corrected chi connectivity index (χ0v) is 22.4. The molecule has 0 unspecified atom stereocenters. The molecule has 42 heavy (non-hydrogen) atoms. The number of hydrogen-bond donors (Lipinski definition) is 2. The van der Waals surface area contributed by atoms with E-state index in [-0.39, 0.29) is 40.3 Å². The molecule has 0 aliphatic rings. The van der Waals surface area contributed by atoms with Crippen molar-refractivity contribution in [2.24, 2.45) is 5.73 Å². The van der Waals surface area contributed by atoms with Gasteiger partial charge in [-0.25, -0.2) is 4.90 Å². The summed E-state index contributed by atoms with van der Waals surface area (Å²) in [6.07, 6.45) is 0. The number of carbonyl (C=O) groups excluding carboxylic acids is 3. The Morgan fingerprint density at radius 2 is 1.17 bits per heavy atom. The van der Waals surface area contributed by atoms with Crippen LogP contribution in [0.15, 0.2) is 91.0 Å². The van der Waals surface area contributed by atoms with Crippen LogP contribution in [0.4, 0.5) is 17.1 Å². The van der Waals surface area contributed by atoms with Crippen LogP contribution in [0.1, 0.15) is 47.8 Å². The molecular weight excluding hydrogens is 542 g/mol. The number of non-ortho nitro benzene ring substituents is 2. The summed E-state index contributed by atoms with van der Waals surface area (Å²) in [4.78, 5) is 62.3. The fraction of sp³-hybridized carbons (Fsp3) is 0.100. The molecule has 0 spiro atoms. The molecule has 0 aliphatic carbocycles. The summed E-state index contributed by atoms with van der Waals surface area (Å²) < 4.78 is 0. The van der Waals surface area contributed by atoms with Gasteiger partial charge in [-0.3, -0.25) is 34.6 Å². The SMILES string of the molecule is Cc1ccc(C(=O)NCc2ccc(CN)cc2)cc1N(C(=O)c1ccc([N+](=O)[O-])cc1)C(=O)c1ccc([N+](=O)[O-])cc1. The van der Waals surface area contributed by atoms with Gasteiger partial charge in [-0.15, -0.1) is 0 Å². The molecule has 212 valence electrons. The molecule has 0 aliphatic heterocycles. The van der Waals surface area contributed by atoms with Gasteiger partial charge in [-0.05, 0) is 60.0 Å². The number of nitrogens with two attached hydrogens (primary N) is 1. The van der Waals surface area contributed by atoms with Crippen molar-refractivity contribution >= 4 is 34.8 Å². The van der Waals surface area contributed by atoms with Crippen molar-refractivity contribution in [2.75, 3.05) is 4.90 Å². The highest BCUT2D eigenvalue weighted by atomic mass is 16.6. The van der Waals surface area contributed by atoms with Gasteiger partial charge < -0.3 is 11.1 Å². The number of aryl methyl sites for hydroxylation is 1. The highest BCUT2D eigenvalue weighted by Gasteiger charge is 2.29. The van der Waals surface area contributed by atoms with Crippen LogP contribution in [0.5, 0.6) is 0 Å². The third kappa shape index (κ3) is 6.51. The summed E-state index contributed by atoms with van der Waals surface area (Å²) in [7, 11) is 0. The Morgan fingerprint density at radius 3 is 1.62 bits per heavy atom. The lowest BCUT2D eigenvalue weighted by molar-refractivity contribution is -0.385. The summed E-state index contributed by atoms with van der Waals surface area (Å²) in [6, 6.07) is 21.4. The number of imide groups is 1. The number of nitrogens with zero attached hydrogens (tertiary/aromatic N) is 3. The Hall–Kier alpha value is -5.75. The molecule has 0 aromatic heterocycles. The number of amides is 3. The normalized spacial score (nSPS) is 10.5. The van der Waals surface area contributed by atoms with Gasteiger partial charge in [0, 0.05) is 54.0 Å². The average molecular weight is 568 g/mol. The van der Waals surface area contributed by atoms with E-state index in [1.165, 1.54) is 30.3 Å². The van der Waals surface area contributed by atoms with Crippen molar-refractivity contribution in [1.82, 2.24) is 5.32 Å². The molecule has 4 rings (SSSR count). The summed E-state index contributed by atoms with van der Waals surface area (Å²) in [6.45, 7) is 2.27. The van der Waals surface area contributed by atoms with Gasteiger partial charge in [0.1, 0.15) is 0 Å². The zero-order chi connectivity index (χ0) is 30.4. The second-order valence-corrected chi connectivity index (χ2v) is 9.26. The van der Waals surface area contributed by atoms with Crippen LogP contribution >= 0.6 is 0 Å². The van der Waals surface area contributed by atoms with Gasteiger partial charge >= 0.3 is 0 Å². The molecule has 0 saturated heterocycles. The van der Waals surface area contributed by atoms with E-state index in [0.717, 1.165) is 40.3 Å². The lowest BCUT2D eigenvalue weighted by Crippen LogP contribution is -2.38. The topological polar surface area (TPSA) is 179 Å². The molecule has 0 radical (unpaired) electrons. The van der Waals surface area contributed by atoms with E-state index in [1.807, 2.05) is 24.3 Å². The molecule has 4 aromatic carbocycles. The first-order chi connectivity index (χ1) is 20.1. The highest BCUT2D eigenvalue weighted by Crippen LogP contribution is 2.27. The van der Waals surface area contributed by atoms with E-state index in [1.54, 1.807) is 19.1 Å². The first-order valence-corrected chi connectivity index (χ1v) is 12.6. The minimum Gasteiger partial charge on any atom is -0.348 e. The number of benzene rings is 4. The zero-order valence-electron chi connectivity index (χ0n) is 22.4. The molecule has 3 N–H and O–H groups in total. The summed E-state index contributed by atoms with van der Waals surface area (Å²) in [5, 5.41) is 25.0. The Kier molecular flexibility index (Phi) is 8.78. The van der Waals surface area contributed by atoms with Gasteiger partial charge in [0.15, 0.2) is 0 Å². The Labute approximate surface area is 239 Å². The number of rotatable bonds is 9. The Balaban J connectivity index is 1.70. The second-order valence-electron chi connectivity index (χ2n) is 9.26. The summed E-state index contributed by atoms with van der Waals surface area (Å²) in [5.41, 5.74) is 7.64. The fourth-order valence-electron chi connectivity index (χ4n) is 4.09. The second kappa shape index (κ2) is 12.6. The molecule has 0 saturated carbocycles. The fourth-order valence-corrected chi connectivity index (χ4v) is 4.09. The molecule has 3 amide bonds. The van der Waals surface area contributed by atoms with Crippen LogP contribution in [0.2, 0.25) is 0 Å². The molecule has 0 fully saturated rings. The minimum absolute atomic E-state index is 0.0222. The third-order valence-electron chi connectivity index (χ3n) is 6.48. The quantitative estimate of drug-likeness (QED) is 0.166. The maximum absolute atomic E-state index is 13.7. The van der Waals surface area contributed by atoms with Crippen molar-refractivity contribution < 1.29 is 24.2 Å². The van der Waals surface area contributed by atoms with Crippen LogP contribution in [0.3, 0.4) is 0 Å². The lowest BCUT2D eigenvalue weighted by atomic mass is 10.0. The predicted octanol–water partition coefficient (Wildman–Crippen LogP) is 4.69. The highest BCUT2D eigenvalue weighted by molar-refractivity contribution is 6.26. The minimum atomic E-state index is -0.811. The number of anilines is 1. The maximum atomic E-state index is 13.7. The monoisotopic (exact) mass is 567 g/mol. The van der Waals surface area contributed by atoms with Crippen LogP contribution in [-0.4, -0.2) is 27.6 Å². The number of nitrogens with one attached hydrogen (secondary N) is 1. The van der Waals surface area contributed by atoms with Crippen molar-refractivity contribution in [3.63, 3.8) is 0 Å². The molecule has 0 bridgehead atoms. The van der Waals surface area contributed by atoms with E-state index in [4.69, 9.17) is 5.73 Å². The first kappa shape index (κ1) is 29.2. The number of hydrogen-bond acceptors (Lipinski definition) is 8. The van der Waals surface area contributed by atoms with Gasteiger partial charge in [0.2, 0.25) is 0 Å². The number of nitro benzene ring substituents is 2. The van der Waals surface area contributed by atoms with Gasteiger partial charge in [-0.2, -0.15) is 0 Å². The van der Waals surface area contributed by atoms with Crippen LogP contribution in [0, 0.1) is 27.2 Å². The summed E-state index contributed by atoms with van der Waals surface area (Å²) >= 11 is 0. The third-order valence-corrected chi connectivity index (χ3v) is 6.48. The molecular formula is C30H25N5O7. The smallest absolute Gasteiger partial charge is 0.269 e. The summed E-state index contributed by atoms with van der Waals surface area (Å²) in [5.74, 6) is -2.08. The van der Waals surface area contributed by atoms with Crippen molar-refractivity contribution in [2.45, 2.75) is 20.0 Å². The number of carbonyl (C=O) groups is 3. The average Bonchev–Trinajstić information content (AvgIpc) is 3.01. The van der Waals surface area contributed by atoms with E-state index in [2.05, 4.69) is 5.32 Å². The number of nitro groups is 2. The maximum Gasteiger partial charge on any atom is 0.269 e.